The number of benzene rings is 2. The number of fused-ring (bicyclic) bond motifs is 1. The van der Waals surface area contributed by atoms with E-state index in [1.54, 1.807) is 12.1 Å². The van der Waals surface area contributed by atoms with Crippen molar-refractivity contribution in [2.45, 2.75) is 31.7 Å². The van der Waals surface area contributed by atoms with Crippen LogP contribution in [0.1, 0.15) is 36.2 Å². The zero-order valence-electron chi connectivity index (χ0n) is 15.9. The highest BCUT2D eigenvalue weighted by Gasteiger charge is 2.13. The molecule has 5 heteroatoms. The SMILES string of the molecule is O=C(CCCNC1CCNCC1)c1cc2ccc(-c3ccc(F)cc3)cc2[nH]1. The Hall–Kier alpha value is -2.50. The van der Waals surface area contributed by atoms with Gasteiger partial charge in [0, 0.05) is 23.4 Å². The van der Waals surface area contributed by atoms with E-state index < -0.39 is 0 Å². The first kappa shape index (κ1) is 18.8. The Balaban J connectivity index is 1.36. The lowest BCUT2D eigenvalue weighted by atomic mass is 10.0. The van der Waals surface area contributed by atoms with Gasteiger partial charge in [-0.15, -0.1) is 0 Å². The molecule has 2 heterocycles. The van der Waals surface area contributed by atoms with Crippen molar-refractivity contribution in [3.63, 3.8) is 0 Å². The van der Waals surface area contributed by atoms with Gasteiger partial charge in [-0.2, -0.15) is 0 Å². The summed E-state index contributed by atoms with van der Waals surface area (Å²) >= 11 is 0. The molecule has 0 spiro atoms. The van der Waals surface area contributed by atoms with Gasteiger partial charge < -0.3 is 15.6 Å². The van der Waals surface area contributed by atoms with Gasteiger partial charge >= 0.3 is 0 Å². The number of ketones is 1. The van der Waals surface area contributed by atoms with Gasteiger partial charge in [0.2, 0.25) is 0 Å². The molecule has 1 aliphatic rings. The molecule has 1 aliphatic heterocycles. The lowest BCUT2D eigenvalue weighted by Gasteiger charge is -2.23. The maximum atomic E-state index is 13.1. The number of carbonyl (C=O) groups is 1. The Morgan fingerprint density at radius 2 is 1.79 bits per heavy atom. The predicted octanol–water partition coefficient (Wildman–Crippen LogP) is 4.28. The normalized spacial score (nSPS) is 15.2. The van der Waals surface area contributed by atoms with Crippen LogP contribution in [0.15, 0.2) is 48.5 Å². The molecule has 4 nitrogen and oxygen atoms in total. The fourth-order valence-corrected chi connectivity index (χ4v) is 3.82. The lowest BCUT2D eigenvalue weighted by molar-refractivity contribution is 0.0975. The number of Topliss-reactive ketones (excluding diaryl/α,β-unsaturated/α-hetero) is 1. The molecule has 28 heavy (non-hydrogen) atoms. The van der Waals surface area contributed by atoms with Gasteiger partial charge in [-0.1, -0.05) is 24.3 Å². The molecule has 0 saturated carbocycles. The van der Waals surface area contributed by atoms with Crippen molar-refractivity contribution >= 4 is 16.7 Å². The molecule has 0 atom stereocenters. The second-order valence-corrected chi connectivity index (χ2v) is 7.50. The largest absolute Gasteiger partial charge is 0.352 e. The number of carbonyl (C=O) groups excluding carboxylic acids is 1. The molecule has 2 aromatic carbocycles. The van der Waals surface area contributed by atoms with Crippen LogP contribution in [0.4, 0.5) is 4.39 Å². The molecular weight excluding hydrogens is 353 g/mol. The van der Waals surface area contributed by atoms with Crippen molar-refractivity contribution in [2.24, 2.45) is 0 Å². The Bertz CT molecular complexity index is 942. The highest BCUT2D eigenvalue weighted by atomic mass is 19.1. The number of rotatable bonds is 7. The summed E-state index contributed by atoms with van der Waals surface area (Å²) in [6, 6.07) is 15.0. The molecule has 1 saturated heterocycles. The lowest BCUT2D eigenvalue weighted by Crippen LogP contribution is -2.40. The smallest absolute Gasteiger partial charge is 0.179 e. The molecule has 0 radical (unpaired) electrons. The van der Waals surface area contributed by atoms with Crippen LogP contribution in [-0.2, 0) is 0 Å². The van der Waals surface area contributed by atoms with Crippen molar-refractivity contribution in [3.05, 3.63) is 60.0 Å². The van der Waals surface area contributed by atoms with Crippen LogP contribution in [0.25, 0.3) is 22.0 Å². The molecule has 4 rings (SSSR count). The predicted molar refractivity (Wildman–Crippen MR) is 111 cm³/mol. The quantitative estimate of drug-likeness (QED) is 0.424. The Morgan fingerprint density at radius 1 is 1.04 bits per heavy atom. The maximum absolute atomic E-state index is 13.1. The van der Waals surface area contributed by atoms with Crippen molar-refractivity contribution in [3.8, 4) is 11.1 Å². The Kier molecular flexibility index (Phi) is 5.84. The summed E-state index contributed by atoms with van der Waals surface area (Å²) in [6.45, 7) is 3.03. The number of hydrogen-bond donors (Lipinski definition) is 3. The molecule has 0 aliphatic carbocycles. The molecule has 0 unspecified atom stereocenters. The number of nitrogens with one attached hydrogen (secondary N) is 3. The van der Waals surface area contributed by atoms with E-state index in [1.165, 1.54) is 12.1 Å². The molecule has 146 valence electrons. The maximum Gasteiger partial charge on any atom is 0.179 e. The first-order valence-electron chi connectivity index (χ1n) is 10.0. The van der Waals surface area contributed by atoms with Crippen LogP contribution >= 0.6 is 0 Å². The number of halogens is 1. The van der Waals surface area contributed by atoms with Gasteiger partial charge in [-0.25, -0.2) is 4.39 Å². The molecule has 3 N–H and O–H groups in total. The first-order chi connectivity index (χ1) is 13.7. The molecular formula is C23H26FN3O. The number of aromatic amines is 1. The number of hydrogen-bond acceptors (Lipinski definition) is 3. The highest BCUT2D eigenvalue weighted by Crippen LogP contribution is 2.25. The number of piperidine rings is 1. The van der Waals surface area contributed by atoms with Crippen molar-refractivity contribution in [2.75, 3.05) is 19.6 Å². The third kappa shape index (κ3) is 4.49. The summed E-state index contributed by atoms with van der Waals surface area (Å²) in [5.74, 6) is -0.0983. The second kappa shape index (κ2) is 8.67. The molecule has 3 aromatic rings. The van der Waals surface area contributed by atoms with E-state index in [9.17, 15) is 9.18 Å². The van der Waals surface area contributed by atoms with Crippen LogP contribution in [0, 0.1) is 5.82 Å². The van der Waals surface area contributed by atoms with Crippen LogP contribution in [0.5, 0.6) is 0 Å². The van der Waals surface area contributed by atoms with E-state index in [1.807, 2.05) is 24.3 Å². The average Bonchev–Trinajstić information content (AvgIpc) is 3.16. The number of H-pyrrole nitrogens is 1. The second-order valence-electron chi connectivity index (χ2n) is 7.50. The third-order valence-electron chi connectivity index (χ3n) is 5.45. The van der Waals surface area contributed by atoms with Crippen LogP contribution in [0.2, 0.25) is 0 Å². The zero-order chi connectivity index (χ0) is 19.3. The summed E-state index contributed by atoms with van der Waals surface area (Å²) in [7, 11) is 0. The van der Waals surface area contributed by atoms with E-state index in [2.05, 4.69) is 15.6 Å². The van der Waals surface area contributed by atoms with E-state index in [4.69, 9.17) is 0 Å². The molecule has 1 fully saturated rings. The van der Waals surface area contributed by atoms with E-state index in [-0.39, 0.29) is 11.6 Å². The van der Waals surface area contributed by atoms with Gasteiger partial charge in [-0.3, -0.25) is 4.79 Å². The van der Waals surface area contributed by atoms with Gasteiger partial charge in [0.1, 0.15) is 5.82 Å². The van der Waals surface area contributed by atoms with Crippen LogP contribution < -0.4 is 10.6 Å². The van der Waals surface area contributed by atoms with Gasteiger partial charge in [0.15, 0.2) is 5.78 Å². The Labute approximate surface area is 164 Å². The average molecular weight is 379 g/mol. The summed E-state index contributed by atoms with van der Waals surface area (Å²) in [4.78, 5) is 15.8. The fourth-order valence-electron chi connectivity index (χ4n) is 3.82. The van der Waals surface area contributed by atoms with Crippen molar-refractivity contribution in [1.82, 2.24) is 15.6 Å². The monoisotopic (exact) mass is 379 g/mol. The summed E-state index contributed by atoms with van der Waals surface area (Å²) < 4.78 is 13.1. The van der Waals surface area contributed by atoms with Gasteiger partial charge in [-0.05, 0) is 74.3 Å². The third-order valence-corrected chi connectivity index (χ3v) is 5.45. The molecule has 0 bridgehead atoms. The molecule has 1 aromatic heterocycles. The first-order valence-corrected chi connectivity index (χ1v) is 10.0. The van der Waals surface area contributed by atoms with E-state index in [0.29, 0.717) is 18.2 Å². The fraction of sp³-hybridized carbons (Fsp3) is 0.348. The zero-order valence-corrected chi connectivity index (χ0v) is 15.9. The van der Waals surface area contributed by atoms with Gasteiger partial charge in [0.05, 0.1) is 5.69 Å². The summed E-state index contributed by atoms with van der Waals surface area (Å²) in [5.41, 5.74) is 3.54. The summed E-state index contributed by atoms with van der Waals surface area (Å²) in [5, 5.41) is 7.93. The minimum atomic E-state index is -0.243. The van der Waals surface area contributed by atoms with Crippen LogP contribution in [0.3, 0.4) is 0 Å². The minimum Gasteiger partial charge on any atom is -0.352 e. The number of aromatic nitrogens is 1. The summed E-state index contributed by atoms with van der Waals surface area (Å²) in [6.07, 6.45) is 3.70. The van der Waals surface area contributed by atoms with Crippen molar-refractivity contribution < 1.29 is 9.18 Å². The standard InChI is InChI=1S/C23H26FN3O/c24-19-7-5-16(6-8-19)17-3-4-18-15-22(27-21(18)14-17)23(28)2-1-11-26-20-9-12-25-13-10-20/h3-8,14-15,20,25-27H,1-2,9-13H2. The highest BCUT2D eigenvalue weighted by molar-refractivity contribution is 6.00. The topological polar surface area (TPSA) is 56.9 Å². The van der Waals surface area contributed by atoms with E-state index >= 15 is 0 Å². The minimum absolute atomic E-state index is 0.145. The Morgan fingerprint density at radius 3 is 2.57 bits per heavy atom. The van der Waals surface area contributed by atoms with Crippen molar-refractivity contribution in [1.29, 1.82) is 0 Å². The van der Waals surface area contributed by atoms with Gasteiger partial charge in [0.25, 0.3) is 0 Å². The van der Waals surface area contributed by atoms with Crippen LogP contribution in [-0.4, -0.2) is 36.4 Å². The van der Waals surface area contributed by atoms with E-state index in [0.717, 1.165) is 60.9 Å². The molecule has 0 amide bonds.